The van der Waals surface area contributed by atoms with Crippen LogP contribution in [0.15, 0.2) is 30.9 Å². The van der Waals surface area contributed by atoms with Gasteiger partial charge in [-0.2, -0.15) is 5.10 Å². The molecular formula is C16H21N5O2. The molecule has 1 fully saturated rings. The van der Waals surface area contributed by atoms with Gasteiger partial charge < -0.3 is 14.2 Å². The number of amides is 1. The number of carbonyl (C=O) groups is 1. The fraction of sp³-hybridized carbons (Fsp3) is 0.562. The third-order valence-electron chi connectivity index (χ3n) is 4.59. The Morgan fingerprint density at radius 2 is 2.26 bits per heavy atom. The lowest BCUT2D eigenvalue weighted by atomic mass is 10.1. The minimum Gasteiger partial charge on any atom is -0.368 e. The maximum absolute atomic E-state index is 12.8. The molecule has 1 amide bonds. The number of imidazole rings is 1. The van der Waals surface area contributed by atoms with Gasteiger partial charge in [-0.15, -0.1) is 0 Å². The lowest BCUT2D eigenvalue weighted by molar-refractivity contribution is -0.142. The van der Waals surface area contributed by atoms with Crippen LogP contribution < -0.4 is 0 Å². The number of ether oxygens (including phenoxy) is 1. The molecule has 0 aromatic carbocycles. The summed E-state index contributed by atoms with van der Waals surface area (Å²) in [5, 5.41) is 4.30. The molecule has 2 aliphatic rings. The van der Waals surface area contributed by atoms with Gasteiger partial charge in [-0.3, -0.25) is 9.48 Å². The van der Waals surface area contributed by atoms with Crippen molar-refractivity contribution in [3.05, 3.63) is 36.7 Å². The van der Waals surface area contributed by atoms with Gasteiger partial charge in [-0.05, 0) is 18.9 Å². The van der Waals surface area contributed by atoms with E-state index >= 15 is 0 Å². The number of hydrogen-bond acceptors (Lipinski definition) is 4. The molecular weight excluding hydrogens is 294 g/mol. The standard InChI is InChI=1S/C16H21N5O2/c22-16(14-3-1-8-23-14)20-10-13(11-21-6-2-4-18-21)9-19-7-5-17-15(19)12-20/h2,4-7,13-14H,1,3,8-12H2/t13-,14-/m1/s1. The smallest absolute Gasteiger partial charge is 0.252 e. The second-order valence-electron chi connectivity index (χ2n) is 6.31. The Labute approximate surface area is 134 Å². The molecule has 1 saturated heterocycles. The van der Waals surface area contributed by atoms with Gasteiger partial charge in [0, 0.05) is 56.9 Å². The molecule has 7 nitrogen and oxygen atoms in total. The summed E-state index contributed by atoms with van der Waals surface area (Å²) in [5.74, 6) is 1.35. The van der Waals surface area contributed by atoms with Gasteiger partial charge in [0.2, 0.25) is 0 Å². The molecule has 0 unspecified atom stereocenters. The van der Waals surface area contributed by atoms with Crippen molar-refractivity contribution >= 4 is 5.91 Å². The Kier molecular flexibility index (Phi) is 3.87. The molecule has 122 valence electrons. The van der Waals surface area contributed by atoms with Gasteiger partial charge >= 0.3 is 0 Å². The maximum atomic E-state index is 12.8. The van der Waals surface area contributed by atoms with Gasteiger partial charge in [0.1, 0.15) is 11.9 Å². The molecule has 2 aliphatic heterocycles. The van der Waals surface area contributed by atoms with Crippen LogP contribution in [0.4, 0.5) is 0 Å². The molecule has 7 heteroatoms. The van der Waals surface area contributed by atoms with E-state index in [1.165, 1.54) is 0 Å². The maximum Gasteiger partial charge on any atom is 0.252 e. The van der Waals surface area contributed by atoms with Crippen LogP contribution in [0, 0.1) is 5.92 Å². The Morgan fingerprint density at radius 3 is 3.04 bits per heavy atom. The molecule has 23 heavy (non-hydrogen) atoms. The quantitative estimate of drug-likeness (QED) is 0.845. The van der Waals surface area contributed by atoms with E-state index in [4.69, 9.17) is 4.74 Å². The molecule has 0 aliphatic carbocycles. The molecule has 0 radical (unpaired) electrons. The molecule has 4 heterocycles. The van der Waals surface area contributed by atoms with Crippen molar-refractivity contribution in [1.29, 1.82) is 0 Å². The average Bonchev–Trinajstić information content (AvgIpc) is 3.28. The van der Waals surface area contributed by atoms with E-state index in [1.54, 1.807) is 12.4 Å². The highest BCUT2D eigenvalue weighted by Gasteiger charge is 2.32. The summed E-state index contributed by atoms with van der Waals surface area (Å²) in [5.41, 5.74) is 0. The SMILES string of the molecule is O=C([C@H]1CCCO1)N1Cc2nccn2C[C@@H](Cn2cccn2)C1. The minimum absolute atomic E-state index is 0.101. The summed E-state index contributed by atoms with van der Waals surface area (Å²) >= 11 is 0. The van der Waals surface area contributed by atoms with Crippen molar-refractivity contribution < 1.29 is 9.53 Å². The first kappa shape index (κ1) is 14.4. The highest BCUT2D eigenvalue weighted by atomic mass is 16.5. The summed E-state index contributed by atoms with van der Waals surface area (Å²) in [7, 11) is 0. The lowest BCUT2D eigenvalue weighted by Gasteiger charge is -2.26. The first-order valence-corrected chi connectivity index (χ1v) is 8.17. The number of rotatable bonds is 3. The van der Waals surface area contributed by atoms with E-state index in [2.05, 4.69) is 14.6 Å². The Balaban J connectivity index is 1.55. The molecule has 2 aromatic heterocycles. The highest BCUT2D eigenvalue weighted by Crippen LogP contribution is 2.21. The molecule has 0 spiro atoms. The van der Waals surface area contributed by atoms with E-state index in [0.717, 1.165) is 31.8 Å². The second kappa shape index (κ2) is 6.16. The van der Waals surface area contributed by atoms with Gasteiger partial charge in [0.15, 0.2) is 0 Å². The molecule has 0 bridgehead atoms. The zero-order valence-corrected chi connectivity index (χ0v) is 13.0. The lowest BCUT2D eigenvalue weighted by Crippen LogP contribution is -2.41. The monoisotopic (exact) mass is 315 g/mol. The van der Waals surface area contributed by atoms with Crippen LogP contribution in [0.25, 0.3) is 0 Å². The van der Waals surface area contributed by atoms with Crippen LogP contribution >= 0.6 is 0 Å². The molecule has 0 saturated carbocycles. The molecule has 2 aromatic rings. The van der Waals surface area contributed by atoms with E-state index < -0.39 is 0 Å². The van der Waals surface area contributed by atoms with Crippen LogP contribution in [0.2, 0.25) is 0 Å². The highest BCUT2D eigenvalue weighted by molar-refractivity contribution is 5.81. The first-order valence-electron chi connectivity index (χ1n) is 8.17. The summed E-state index contributed by atoms with van der Waals surface area (Å²) in [6.45, 7) is 3.60. The first-order chi connectivity index (χ1) is 11.3. The number of hydrogen-bond donors (Lipinski definition) is 0. The summed E-state index contributed by atoms with van der Waals surface area (Å²) in [6, 6.07) is 1.93. The Hall–Kier alpha value is -2.15. The van der Waals surface area contributed by atoms with Gasteiger partial charge in [0.05, 0.1) is 6.54 Å². The summed E-state index contributed by atoms with van der Waals surface area (Å²) in [4.78, 5) is 19.1. The molecule has 4 rings (SSSR count). The van der Waals surface area contributed by atoms with Crippen molar-refractivity contribution in [3.8, 4) is 0 Å². The average molecular weight is 315 g/mol. The van der Waals surface area contributed by atoms with E-state index in [1.807, 2.05) is 28.0 Å². The second-order valence-corrected chi connectivity index (χ2v) is 6.31. The van der Waals surface area contributed by atoms with Crippen molar-refractivity contribution in [2.45, 2.75) is 38.6 Å². The normalized spacial score (nSPS) is 24.4. The van der Waals surface area contributed by atoms with Crippen LogP contribution in [0.3, 0.4) is 0 Å². The van der Waals surface area contributed by atoms with Crippen LogP contribution in [0.1, 0.15) is 18.7 Å². The zero-order valence-electron chi connectivity index (χ0n) is 13.0. The van der Waals surface area contributed by atoms with Crippen molar-refractivity contribution in [2.24, 2.45) is 5.92 Å². The third-order valence-corrected chi connectivity index (χ3v) is 4.59. The summed E-state index contributed by atoms with van der Waals surface area (Å²) in [6.07, 6.45) is 9.07. The predicted molar refractivity (Wildman–Crippen MR) is 82.3 cm³/mol. The fourth-order valence-electron chi connectivity index (χ4n) is 3.47. The fourth-order valence-corrected chi connectivity index (χ4v) is 3.47. The van der Waals surface area contributed by atoms with Crippen LogP contribution in [-0.2, 0) is 29.2 Å². The summed E-state index contributed by atoms with van der Waals surface area (Å²) < 4.78 is 9.66. The topological polar surface area (TPSA) is 65.2 Å². The number of carbonyl (C=O) groups excluding carboxylic acids is 1. The van der Waals surface area contributed by atoms with Gasteiger partial charge in [0.25, 0.3) is 5.91 Å². The van der Waals surface area contributed by atoms with Crippen LogP contribution in [-0.4, -0.2) is 49.4 Å². The Bertz CT molecular complexity index is 660. The molecule has 0 N–H and O–H groups in total. The van der Waals surface area contributed by atoms with Gasteiger partial charge in [-0.25, -0.2) is 4.98 Å². The van der Waals surface area contributed by atoms with E-state index in [9.17, 15) is 4.79 Å². The van der Waals surface area contributed by atoms with Crippen molar-refractivity contribution in [2.75, 3.05) is 13.2 Å². The number of aromatic nitrogens is 4. The van der Waals surface area contributed by atoms with Crippen molar-refractivity contribution in [1.82, 2.24) is 24.2 Å². The van der Waals surface area contributed by atoms with E-state index in [-0.39, 0.29) is 12.0 Å². The van der Waals surface area contributed by atoms with Crippen LogP contribution in [0.5, 0.6) is 0 Å². The zero-order chi connectivity index (χ0) is 15.6. The largest absolute Gasteiger partial charge is 0.368 e. The minimum atomic E-state index is -0.276. The third kappa shape index (κ3) is 3.01. The Morgan fingerprint density at radius 1 is 1.30 bits per heavy atom. The molecule has 2 atom stereocenters. The van der Waals surface area contributed by atoms with E-state index in [0.29, 0.717) is 25.6 Å². The van der Waals surface area contributed by atoms with Gasteiger partial charge in [-0.1, -0.05) is 0 Å². The van der Waals surface area contributed by atoms with Crippen molar-refractivity contribution in [3.63, 3.8) is 0 Å². The number of nitrogens with zero attached hydrogens (tertiary/aromatic N) is 5. The predicted octanol–water partition coefficient (Wildman–Crippen LogP) is 0.917. The number of fused-ring (bicyclic) bond motifs is 1.